The van der Waals surface area contributed by atoms with Gasteiger partial charge in [0.05, 0.1) is 4.83 Å². The van der Waals surface area contributed by atoms with Crippen molar-refractivity contribution >= 4 is 21.7 Å². The first-order chi connectivity index (χ1) is 7.72. The van der Waals surface area contributed by atoms with Crippen LogP contribution in [0.5, 0.6) is 0 Å². The number of carbonyl (C=O) groups is 1. The summed E-state index contributed by atoms with van der Waals surface area (Å²) in [4.78, 5) is 11.7. The zero-order valence-corrected chi connectivity index (χ0v) is 12.5. The molecule has 0 aliphatic heterocycles. The molecule has 0 aliphatic rings. The summed E-state index contributed by atoms with van der Waals surface area (Å²) in [7, 11) is 0. The molecule has 0 aromatic rings. The van der Waals surface area contributed by atoms with Crippen LogP contribution in [0.4, 0.5) is 0 Å². The summed E-state index contributed by atoms with van der Waals surface area (Å²) in [5.74, 6) is 0.399. The van der Waals surface area contributed by atoms with Crippen LogP contribution in [0.25, 0.3) is 0 Å². The van der Waals surface area contributed by atoms with Gasteiger partial charge in [0.2, 0.25) is 0 Å². The molecule has 2 heteroatoms. The van der Waals surface area contributed by atoms with E-state index in [1.165, 1.54) is 38.5 Å². The molecule has 0 aromatic heterocycles. The van der Waals surface area contributed by atoms with Crippen LogP contribution in [0, 0.1) is 0 Å². The lowest BCUT2D eigenvalue weighted by molar-refractivity contribution is -0.118. The number of halogens is 1. The third-order valence-corrected chi connectivity index (χ3v) is 3.89. The van der Waals surface area contributed by atoms with Crippen LogP contribution >= 0.6 is 15.9 Å². The molecule has 0 fully saturated rings. The van der Waals surface area contributed by atoms with Crippen molar-refractivity contribution in [2.75, 3.05) is 0 Å². The molecule has 16 heavy (non-hydrogen) atoms. The summed E-state index contributed by atoms with van der Waals surface area (Å²) >= 11 is 3.46. The van der Waals surface area contributed by atoms with Crippen molar-refractivity contribution in [3.05, 3.63) is 0 Å². The van der Waals surface area contributed by atoms with Crippen LogP contribution < -0.4 is 0 Å². The number of hydrogen-bond acceptors (Lipinski definition) is 1. The van der Waals surface area contributed by atoms with Crippen LogP contribution in [-0.4, -0.2) is 10.6 Å². The predicted octanol–water partition coefficient (Wildman–Crippen LogP) is 5.26. The largest absolute Gasteiger partial charge is 0.298 e. The summed E-state index contributed by atoms with van der Waals surface area (Å²) in [5.41, 5.74) is 0. The number of alkyl halides is 1. The number of rotatable bonds is 11. The molecule has 0 heterocycles. The highest BCUT2D eigenvalue weighted by atomic mass is 79.9. The maximum absolute atomic E-state index is 11.6. The SMILES string of the molecule is CCCCCCCCCC(=O)C(Br)CCC. The van der Waals surface area contributed by atoms with E-state index in [2.05, 4.69) is 29.8 Å². The van der Waals surface area contributed by atoms with Gasteiger partial charge in [-0.05, 0) is 12.8 Å². The smallest absolute Gasteiger partial charge is 0.146 e. The van der Waals surface area contributed by atoms with E-state index in [0.29, 0.717) is 5.78 Å². The molecule has 0 rings (SSSR count). The number of unbranched alkanes of at least 4 members (excludes halogenated alkanes) is 6. The molecule has 0 radical (unpaired) electrons. The molecule has 0 bridgehead atoms. The van der Waals surface area contributed by atoms with Gasteiger partial charge in [0.1, 0.15) is 5.78 Å². The topological polar surface area (TPSA) is 17.1 Å². The van der Waals surface area contributed by atoms with E-state index in [9.17, 15) is 4.79 Å². The van der Waals surface area contributed by atoms with Crippen LogP contribution in [0.15, 0.2) is 0 Å². The Morgan fingerprint density at radius 2 is 1.50 bits per heavy atom. The van der Waals surface area contributed by atoms with E-state index in [1.807, 2.05) is 0 Å². The van der Waals surface area contributed by atoms with Crippen molar-refractivity contribution in [1.82, 2.24) is 0 Å². The summed E-state index contributed by atoms with van der Waals surface area (Å²) in [6.07, 6.45) is 11.8. The van der Waals surface area contributed by atoms with Crippen molar-refractivity contribution < 1.29 is 4.79 Å². The normalized spacial score (nSPS) is 12.7. The second kappa shape index (κ2) is 11.6. The van der Waals surface area contributed by atoms with Crippen LogP contribution in [-0.2, 0) is 4.79 Å². The van der Waals surface area contributed by atoms with E-state index in [0.717, 1.165) is 25.7 Å². The second-order valence-electron chi connectivity index (χ2n) is 4.59. The van der Waals surface area contributed by atoms with Gasteiger partial charge in [-0.1, -0.05) is 74.7 Å². The predicted molar refractivity (Wildman–Crippen MR) is 75.2 cm³/mol. The Bertz CT molecular complexity index is 168. The minimum Gasteiger partial charge on any atom is -0.298 e. The highest BCUT2D eigenvalue weighted by molar-refractivity contribution is 9.10. The van der Waals surface area contributed by atoms with E-state index in [4.69, 9.17) is 0 Å². The number of ketones is 1. The lowest BCUT2D eigenvalue weighted by Crippen LogP contribution is -2.12. The molecular formula is C14H27BrO. The minimum absolute atomic E-state index is 0.109. The van der Waals surface area contributed by atoms with Gasteiger partial charge in [0.25, 0.3) is 0 Å². The summed E-state index contributed by atoms with van der Waals surface area (Å²) in [6, 6.07) is 0. The van der Waals surface area contributed by atoms with E-state index in [-0.39, 0.29) is 4.83 Å². The van der Waals surface area contributed by atoms with Gasteiger partial charge >= 0.3 is 0 Å². The fraction of sp³-hybridized carbons (Fsp3) is 0.929. The number of Topliss-reactive ketones (excluding diaryl/α,β-unsaturated/α-hetero) is 1. The first kappa shape index (κ1) is 16.1. The highest BCUT2D eigenvalue weighted by Gasteiger charge is 2.12. The Morgan fingerprint density at radius 3 is 2.06 bits per heavy atom. The summed E-state index contributed by atoms with van der Waals surface area (Å²) < 4.78 is 0. The average molecular weight is 291 g/mol. The molecule has 0 aliphatic carbocycles. The molecule has 0 saturated carbocycles. The molecule has 0 spiro atoms. The maximum atomic E-state index is 11.6. The molecule has 0 saturated heterocycles. The van der Waals surface area contributed by atoms with Crippen LogP contribution in [0.3, 0.4) is 0 Å². The fourth-order valence-corrected chi connectivity index (χ4v) is 2.51. The second-order valence-corrected chi connectivity index (χ2v) is 5.70. The third kappa shape index (κ3) is 9.38. The van der Waals surface area contributed by atoms with Gasteiger partial charge in [-0.3, -0.25) is 4.79 Å². The van der Waals surface area contributed by atoms with Crippen molar-refractivity contribution in [2.45, 2.75) is 82.9 Å². The van der Waals surface area contributed by atoms with Crippen molar-refractivity contribution in [3.8, 4) is 0 Å². The summed E-state index contributed by atoms with van der Waals surface area (Å²) in [5, 5.41) is 0. The lowest BCUT2D eigenvalue weighted by atomic mass is 10.0. The molecular weight excluding hydrogens is 264 g/mol. The quantitative estimate of drug-likeness (QED) is 0.375. The highest BCUT2D eigenvalue weighted by Crippen LogP contribution is 2.14. The van der Waals surface area contributed by atoms with Gasteiger partial charge in [0.15, 0.2) is 0 Å². The van der Waals surface area contributed by atoms with Gasteiger partial charge in [-0.2, -0.15) is 0 Å². The molecule has 1 atom stereocenters. The molecule has 0 aromatic carbocycles. The molecule has 0 amide bonds. The fourth-order valence-electron chi connectivity index (χ4n) is 1.83. The Labute approximate surface area is 110 Å². The van der Waals surface area contributed by atoms with Crippen molar-refractivity contribution in [3.63, 3.8) is 0 Å². The van der Waals surface area contributed by atoms with Crippen molar-refractivity contribution in [2.24, 2.45) is 0 Å². The Morgan fingerprint density at radius 1 is 0.938 bits per heavy atom. The van der Waals surface area contributed by atoms with Crippen LogP contribution in [0.1, 0.15) is 78.1 Å². The van der Waals surface area contributed by atoms with Crippen molar-refractivity contribution in [1.29, 1.82) is 0 Å². The van der Waals surface area contributed by atoms with E-state index >= 15 is 0 Å². The first-order valence-electron chi connectivity index (χ1n) is 6.89. The van der Waals surface area contributed by atoms with Crippen LogP contribution in [0.2, 0.25) is 0 Å². The van der Waals surface area contributed by atoms with Gasteiger partial charge in [-0.15, -0.1) is 0 Å². The maximum Gasteiger partial charge on any atom is 0.146 e. The van der Waals surface area contributed by atoms with E-state index in [1.54, 1.807) is 0 Å². The molecule has 1 unspecified atom stereocenters. The zero-order chi connectivity index (χ0) is 12.2. The minimum atomic E-state index is 0.109. The number of hydrogen-bond donors (Lipinski definition) is 0. The number of carbonyl (C=O) groups excluding carboxylic acids is 1. The molecule has 1 nitrogen and oxygen atoms in total. The first-order valence-corrected chi connectivity index (χ1v) is 7.80. The Balaban J connectivity index is 3.27. The van der Waals surface area contributed by atoms with E-state index < -0.39 is 0 Å². The third-order valence-electron chi connectivity index (χ3n) is 2.92. The lowest BCUT2D eigenvalue weighted by Gasteiger charge is -2.06. The Kier molecular flexibility index (Phi) is 11.7. The van der Waals surface area contributed by atoms with Gasteiger partial charge < -0.3 is 0 Å². The summed E-state index contributed by atoms with van der Waals surface area (Å²) in [6.45, 7) is 4.36. The molecule has 0 N–H and O–H groups in total. The monoisotopic (exact) mass is 290 g/mol. The Hall–Kier alpha value is 0.150. The van der Waals surface area contributed by atoms with Gasteiger partial charge in [-0.25, -0.2) is 0 Å². The zero-order valence-electron chi connectivity index (χ0n) is 10.9. The average Bonchev–Trinajstić information content (AvgIpc) is 2.28. The standard InChI is InChI=1S/C14H27BrO/c1-3-5-6-7-8-9-10-12-14(16)13(15)11-4-2/h13H,3-12H2,1-2H3. The van der Waals surface area contributed by atoms with Gasteiger partial charge in [0, 0.05) is 6.42 Å². The molecule has 96 valence electrons.